The number of fused-ring (bicyclic) bond motifs is 3. The van der Waals surface area contributed by atoms with Crippen LogP contribution in [-0.4, -0.2) is 44.3 Å². The number of urea groups is 1. The lowest BCUT2D eigenvalue weighted by Crippen LogP contribution is -2.51. The van der Waals surface area contributed by atoms with Crippen LogP contribution in [0.5, 0.6) is 0 Å². The Morgan fingerprint density at radius 2 is 2.00 bits per heavy atom. The Morgan fingerprint density at radius 1 is 1.20 bits per heavy atom. The normalized spacial score (nSPS) is 27.4. The number of hydrogen-bond acceptors (Lipinski definition) is 4. The van der Waals surface area contributed by atoms with Crippen molar-refractivity contribution in [3.8, 4) is 5.69 Å². The van der Waals surface area contributed by atoms with Crippen LogP contribution in [0.25, 0.3) is 5.69 Å². The maximum Gasteiger partial charge on any atom is 0.325 e. The van der Waals surface area contributed by atoms with Crippen molar-refractivity contribution in [2.24, 2.45) is 11.8 Å². The average Bonchev–Trinajstić information content (AvgIpc) is 3.42. The summed E-state index contributed by atoms with van der Waals surface area (Å²) in [7, 11) is 0. The van der Waals surface area contributed by atoms with Crippen LogP contribution in [0.4, 0.5) is 4.79 Å². The average molecular weight is 406 g/mol. The molecule has 0 aromatic carbocycles. The van der Waals surface area contributed by atoms with Crippen LogP contribution in [0.1, 0.15) is 53.0 Å². The van der Waals surface area contributed by atoms with Crippen molar-refractivity contribution in [3.05, 3.63) is 47.0 Å². The largest absolute Gasteiger partial charge is 0.325 e. The van der Waals surface area contributed by atoms with Gasteiger partial charge in [0.25, 0.3) is 5.91 Å². The molecule has 2 bridgehead atoms. The van der Waals surface area contributed by atoms with Crippen LogP contribution < -0.4 is 5.32 Å². The molecule has 1 N–H and O–H groups in total. The molecule has 7 nitrogen and oxygen atoms in total. The van der Waals surface area contributed by atoms with E-state index in [9.17, 15) is 14.4 Å². The molecular formula is C23H26N4O3. The molecule has 3 unspecified atom stereocenters. The number of rotatable bonds is 4. The lowest BCUT2D eigenvalue weighted by molar-refractivity contribution is -0.132. The fourth-order valence-electron chi connectivity index (χ4n) is 5.87. The molecule has 1 spiro atoms. The van der Waals surface area contributed by atoms with Gasteiger partial charge in [0.1, 0.15) is 5.54 Å². The standard InChI is InChI=1S/C23H26N4O3/c1-13-6-18(11-24-10-13)27-14(2)7-19(15(27)3)20(28)12-26-21(29)23(25-22(26)30)9-16-4-5-17(23)8-16/h6-7,10-11,16-17H,4-5,8-9,12H2,1-3H3,(H,25,30). The van der Waals surface area contributed by atoms with Gasteiger partial charge in [0.05, 0.1) is 18.4 Å². The SMILES string of the molecule is Cc1cncc(-n2c(C)cc(C(=O)CN3C(=O)NC4(CC5CCC4C5)C3=O)c2C)c1. The quantitative estimate of drug-likeness (QED) is 0.625. The van der Waals surface area contributed by atoms with Crippen LogP contribution in [0.3, 0.4) is 0 Å². The molecular weight excluding hydrogens is 380 g/mol. The van der Waals surface area contributed by atoms with Crippen molar-refractivity contribution in [1.82, 2.24) is 19.8 Å². The highest BCUT2D eigenvalue weighted by Gasteiger charge is 2.62. The predicted molar refractivity (Wildman–Crippen MR) is 111 cm³/mol. The first-order chi connectivity index (χ1) is 14.3. The zero-order chi connectivity index (χ0) is 21.2. The first kappa shape index (κ1) is 19.0. The molecule has 1 aliphatic heterocycles. The molecule has 2 saturated carbocycles. The Bertz CT molecular complexity index is 1090. The zero-order valence-electron chi connectivity index (χ0n) is 17.6. The van der Waals surface area contributed by atoms with Gasteiger partial charge in [-0.1, -0.05) is 0 Å². The minimum Gasteiger partial charge on any atom is -0.323 e. The second kappa shape index (κ2) is 6.52. The topological polar surface area (TPSA) is 84.3 Å². The lowest BCUT2D eigenvalue weighted by atomic mass is 9.81. The Morgan fingerprint density at radius 3 is 2.67 bits per heavy atom. The van der Waals surface area contributed by atoms with E-state index in [0.717, 1.165) is 46.8 Å². The summed E-state index contributed by atoms with van der Waals surface area (Å²) in [6, 6.07) is 3.40. The molecule has 7 heteroatoms. The van der Waals surface area contributed by atoms with Crippen molar-refractivity contribution in [2.45, 2.75) is 52.0 Å². The van der Waals surface area contributed by atoms with E-state index in [1.807, 2.05) is 37.5 Å². The first-order valence-corrected chi connectivity index (χ1v) is 10.6. The number of imide groups is 1. The maximum absolute atomic E-state index is 13.2. The van der Waals surface area contributed by atoms with Gasteiger partial charge in [-0.15, -0.1) is 0 Å². The van der Waals surface area contributed by atoms with Gasteiger partial charge in [0.2, 0.25) is 0 Å². The van der Waals surface area contributed by atoms with Gasteiger partial charge in [-0.25, -0.2) is 4.79 Å². The number of amides is 3. The Labute approximate surface area is 175 Å². The minimum absolute atomic E-state index is 0.206. The Kier molecular flexibility index (Phi) is 4.14. The Hall–Kier alpha value is -2.96. The van der Waals surface area contributed by atoms with E-state index in [4.69, 9.17) is 0 Å². The molecule has 5 rings (SSSR count). The molecule has 2 aromatic rings. The minimum atomic E-state index is -0.773. The molecule has 3 amide bonds. The number of Topliss-reactive ketones (excluding diaryl/α,β-unsaturated/α-hetero) is 1. The van der Waals surface area contributed by atoms with Crippen LogP contribution >= 0.6 is 0 Å². The van der Waals surface area contributed by atoms with E-state index in [1.165, 1.54) is 0 Å². The van der Waals surface area contributed by atoms with E-state index in [1.54, 1.807) is 12.4 Å². The molecule has 0 radical (unpaired) electrons. The van der Waals surface area contributed by atoms with Gasteiger partial charge >= 0.3 is 6.03 Å². The molecule has 3 fully saturated rings. The smallest absolute Gasteiger partial charge is 0.323 e. The summed E-state index contributed by atoms with van der Waals surface area (Å²) in [4.78, 5) is 44.3. The van der Waals surface area contributed by atoms with Crippen LogP contribution in [-0.2, 0) is 4.79 Å². The second-order valence-corrected chi connectivity index (χ2v) is 9.14. The van der Waals surface area contributed by atoms with E-state index in [-0.39, 0.29) is 24.2 Å². The molecule has 30 heavy (non-hydrogen) atoms. The van der Waals surface area contributed by atoms with Crippen molar-refractivity contribution >= 4 is 17.7 Å². The van der Waals surface area contributed by atoms with Crippen LogP contribution in [0.15, 0.2) is 24.5 Å². The Balaban J connectivity index is 1.41. The highest BCUT2D eigenvalue weighted by atomic mass is 16.2. The molecule has 156 valence electrons. The van der Waals surface area contributed by atoms with Crippen molar-refractivity contribution < 1.29 is 14.4 Å². The summed E-state index contributed by atoms with van der Waals surface area (Å²) in [5, 5.41) is 2.95. The number of carbonyl (C=O) groups excluding carboxylic acids is 3. The number of ketones is 1. The third kappa shape index (κ3) is 2.64. The lowest BCUT2D eigenvalue weighted by Gasteiger charge is -2.30. The predicted octanol–water partition coefficient (Wildman–Crippen LogP) is 3.09. The van der Waals surface area contributed by atoms with E-state index in [2.05, 4.69) is 10.3 Å². The molecule has 3 aliphatic rings. The van der Waals surface area contributed by atoms with Gasteiger partial charge in [0, 0.05) is 23.1 Å². The van der Waals surface area contributed by atoms with Gasteiger partial charge in [-0.3, -0.25) is 19.5 Å². The van der Waals surface area contributed by atoms with Crippen LogP contribution in [0, 0.1) is 32.6 Å². The highest BCUT2D eigenvalue weighted by molar-refractivity contribution is 6.11. The molecule has 2 aliphatic carbocycles. The van der Waals surface area contributed by atoms with E-state index >= 15 is 0 Å². The third-order valence-electron chi connectivity index (χ3n) is 7.20. The number of aryl methyl sites for hydroxylation is 2. The fourth-order valence-corrected chi connectivity index (χ4v) is 5.87. The molecule has 3 atom stereocenters. The number of nitrogens with zero attached hydrogens (tertiary/aromatic N) is 3. The highest BCUT2D eigenvalue weighted by Crippen LogP contribution is 2.52. The van der Waals surface area contributed by atoms with E-state index in [0.29, 0.717) is 17.9 Å². The summed E-state index contributed by atoms with van der Waals surface area (Å²) in [6.07, 6.45) is 7.37. The third-order valence-corrected chi connectivity index (χ3v) is 7.20. The zero-order valence-corrected chi connectivity index (χ0v) is 17.6. The van der Waals surface area contributed by atoms with Gasteiger partial charge in [-0.05, 0) is 76.0 Å². The molecule has 1 saturated heterocycles. The summed E-state index contributed by atoms with van der Waals surface area (Å²) < 4.78 is 1.98. The monoisotopic (exact) mass is 406 g/mol. The molecule has 2 aromatic heterocycles. The summed E-state index contributed by atoms with van der Waals surface area (Å²) in [5.41, 5.74) is 3.37. The number of carbonyl (C=O) groups is 3. The van der Waals surface area contributed by atoms with Crippen molar-refractivity contribution in [2.75, 3.05) is 6.54 Å². The number of nitrogens with one attached hydrogen (secondary N) is 1. The summed E-state index contributed by atoms with van der Waals surface area (Å²) in [6.45, 7) is 5.57. The fraction of sp³-hybridized carbons (Fsp3) is 0.478. The number of hydrogen-bond donors (Lipinski definition) is 1. The first-order valence-electron chi connectivity index (χ1n) is 10.6. The second-order valence-electron chi connectivity index (χ2n) is 9.14. The molecule has 3 heterocycles. The van der Waals surface area contributed by atoms with Crippen molar-refractivity contribution in [1.29, 1.82) is 0 Å². The summed E-state index contributed by atoms with van der Waals surface area (Å²) >= 11 is 0. The number of aromatic nitrogens is 2. The van der Waals surface area contributed by atoms with Gasteiger partial charge in [0.15, 0.2) is 5.78 Å². The maximum atomic E-state index is 13.2. The van der Waals surface area contributed by atoms with Gasteiger partial charge in [-0.2, -0.15) is 0 Å². The van der Waals surface area contributed by atoms with Crippen molar-refractivity contribution in [3.63, 3.8) is 0 Å². The van der Waals surface area contributed by atoms with E-state index < -0.39 is 11.6 Å². The van der Waals surface area contributed by atoms with Crippen LogP contribution in [0.2, 0.25) is 0 Å². The summed E-state index contributed by atoms with van der Waals surface area (Å²) in [5.74, 6) is 0.276. The number of pyridine rings is 1. The van der Waals surface area contributed by atoms with Gasteiger partial charge < -0.3 is 9.88 Å².